The molecule has 0 atom stereocenters. The molecule has 0 unspecified atom stereocenters. The Morgan fingerprint density at radius 2 is 2.24 bits per heavy atom. The van der Waals surface area contributed by atoms with Crippen LogP contribution in [0, 0.1) is 5.41 Å². The van der Waals surface area contributed by atoms with Crippen LogP contribution >= 0.6 is 0 Å². The highest BCUT2D eigenvalue weighted by atomic mass is 16.4. The van der Waals surface area contributed by atoms with E-state index in [0.29, 0.717) is 25.8 Å². The lowest BCUT2D eigenvalue weighted by Gasteiger charge is -2.35. The SMILES string of the molecule is NC1CCC(CCn2cncn2)(C(=O)O)CC1. The van der Waals surface area contributed by atoms with Gasteiger partial charge in [0, 0.05) is 12.6 Å². The molecule has 0 aliphatic heterocycles. The summed E-state index contributed by atoms with van der Waals surface area (Å²) in [5, 5.41) is 13.4. The Balaban J connectivity index is 2.00. The van der Waals surface area contributed by atoms with Crippen molar-refractivity contribution in [2.45, 2.75) is 44.7 Å². The second kappa shape index (κ2) is 4.83. The second-order valence-corrected chi connectivity index (χ2v) is 4.83. The zero-order valence-electron chi connectivity index (χ0n) is 9.75. The number of carbonyl (C=O) groups is 1. The number of nitrogens with zero attached hydrogens (tertiary/aromatic N) is 3. The maximum absolute atomic E-state index is 11.5. The zero-order chi connectivity index (χ0) is 12.3. The van der Waals surface area contributed by atoms with Gasteiger partial charge in [0.15, 0.2) is 0 Å². The molecule has 0 saturated heterocycles. The number of aryl methyl sites for hydroxylation is 1. The summed E-state index contributed by atoms with van der Waals surface area (Å²) in [6, 6.07) is 0.161. The first kappa shape index (κ1) is 12.0. The molecular weight excluding hydrogens is 220 g/mol. The van der Waals surface area contributed by atoms with E-state index in [1.54, 1.807) is 11.0 Å². The van der Waals surface area contributed by atoms with E-state index in [1.807, 2.05) is 0 Å². The Bertz CT molecular complexity index is 369. The molecule has 1 aromatic heterocycles. The van der Waals surface area contributed by atoms with Gasteiger partial charge < -0.3 is 10.8 Å². The van der Waals surface area contributed by atoms with Gasteiger partial charge in [0.25, 0.3) is 0 Å². The summed E-state index contributed by atoms with van der Waals surface area (Å²) in [5.41, 5.74) is 5.20. The van der Waals surface area contributed by atoms with E-state index in [1.165, 1.54) is 6.33 Å². The number of hydrogen-bond donors (Lipinski definition) is 2. The first-order valence-corrected chi connectivity index (χ1v) is 5.94. The van der Waals surface area contributed by atoms with Crippen molar-refractivity contribution >= 4 is 5.97 Å². The lowest BCUT2D eigenvalue weighted by molar-refractivity contribution is -0.152. The maximum atomic E-state index is 11.5. The standard InChI is InChI=1S/C11H18N4O2/c12-9-1-3-11(4-2-9,10(16)17)5-6-15-8-13-7-14-15/h7-9H,1-6,12H2,(H,16,17). The molecule has 1 fully saturated rings. The fourth-order valence-corrected chi connectivity index (χ4v) is 2.44. The second-order valence-electron chi connectivity index (χ2n) is 4.83. The Kier molecular flexibility index (Phi) is 3.42. The van der Waals surface area contributed by atoms with E-state index in [2.05, 4.69) is 10.1 Å². The molecule has 1 aromatic rings. The number of rotatable bonds is 4. The number of carboxylic acid groups (broad SMARTS) is 1. The highest BCUT2D eigenvalue weighted by molar-refractivity contribution is 5.74. The van der Waals surface area contributed by atoms with E-state index in [0.717, 1.165) is 12.8 Å². The normalized spacial score (nSPS) is 29.1. The van der Waals surface area contributed by atoms with Gasteiger partial charge in [0.05, 0.1) is 5.41 Å². The fourth-order valence-electron chi connectivity index (χ4n) is 2.44. The summed E-state index contributed by atoms with van der Waals surface area (Å²) in [4.78, 5) is 15.3. The van der Waals surface area contributed by atoms with E-state index in [-0.39, 0.29) is 6.04 Å². The molecule has 0 amide bonds. The predicted octanol–water partition coefficient (Wildman–Crippen LogP) is 0.640. The van der Waals surface area contributed by atoms with Crippen LogP contribution in [0.15, 0.2) is 12.7 Å². The predicted molar refractivity (Wildman–Crippen MR) is 61.2 cm³/mol. The van der Waals surface area contributed by atoms with Gasteiger partial charge in [0.1, 0.15) is 12.7 Å². The van der Waals surface area contributed by atoms with Crippen molar-refractivity contribution in [3.8, 4) is 0 Å². The highest BCUT2D eigenvalue weighted by Gasteiger charge is 2.40. The summed E-state index contributed by atoms with van der Waals surface area (Å²) in [5.74, 6) is -0.704. The molecule has 94 valence electrons. The van der Waals surface area contributed by atoms with Crippen LogP contribution in [-0.4, -0.2) is 31.9 Å². The quantitative estimate of drug-likeness (QED) is 0.802. The lowest BCUT2D eigenvalue weighted by atomic mass is 9.70. The number of carboxylic acids is 1. The van der Waals surface area contributed by atoms with Gasteiger partial charge in [0.2, 0.25) is 0 Å². The van der Waals surface area contributed by atoms with Crippen molar-refractivity contribution < 1.29 is 9.90 Å². The Hall–Kier alpha value is -1.43. The van der Waals surface area contributed by atoms with Crippen LogP contribution in [0.1, 0.15) is 32.1 Å². The Morgan fingerprint density at radius 3 is 2.76 bits per heavy atom. The van der Waals surface area contributed by atoms with E-state index >= 15 is 0 Å². The van der Waals surface area contributed by atoms with Gasteiger partial charge in [-0.3, -0.25) is 9.48 Å². The number of aromatic nitrogens is 3. The van der Waals surface area contributed by atoms with Crippen LogP contribution in [0.2, 0.25) is 0 Å². The molecule has 3 N–H and O–H groups in total. The third-order valence-electron chi connectivity index (χ3n) is 3.73. The van der Waals surface area contributed by atoms with Crippen LogP contribution in [-0.2, 0) is 11.3 Å². The van der Waals surface area contributed by atoms with Crippen molar-refractivity contribution in [1.82, 2.24) is 14.8 Å². The van der Waals surface area contributed by atoms with E-state index < -0.39 is 11.4 Å². The summed E-state index contributed by atoms with van der Waals surface area (Å²) in [6.45, 7) is 0.599. The van der Waals surface area contributed by atoms with Gasteiger partial charge >= 0.3 is 5.97 Å². The fraction of sp³-hybridized carbons (Fsp3) is 0.727. The van der Waals surface area contributed by atoms with Crippen LogP contribution in [0.3, 0.4) is 0 Å². The maximum Gasteiger partial charge on any atom is 0.309 e. The van der Waals surface area contributed by atoms with Crippen LogP contribution in [0.5, 0.6) is 0 Å². The summed E-state index contributed by atoms with van der Waals surface area (Å²) < 4.78 is 1.68. The van der Waals surface area contributed by atoms with Crippen molar-refractivity contribution in [2.75, 3.05) is 0 Å². The first-order valence-electron chi connectivity index (χ1n) is 5.94. The van der Waals surface area contributed by atoms with Crippen molar-refractivity contribution in [3.05, 3.63) is 12.7 Å². The summed E-state index contributed by atoms with van der Waals surface area (Å²) in [6.07, 6.45) is 6.59. The molecule has 1 aliphatic carbocycles. The smallest absolute Gasteiger partial charge is 0.309 e. The van der Waals surface area contributed by atoms with Crippen LogP contribution in [0.4, 0.5) is 0 Å². The molecule has 0 radical (unpaired) electrons. The van der Waals surface area contributed by atoms with Gasteiger partial charge in [-0.15, -0.1) is 0 Å². The van der Waals surface area contributed by atoms with Crippen molar-refractivity contribution in [2.24, 2.45) is 11.1 Å². The average molecular weight is 238 g/mol. The summed E-state index contributed by atoms with van der Waals surface area (Å²) >= 11 is 0. The van der Waals surface area contributed by atoms with E-state index in [4.69, 9.17) is 5.73 Å². The molecule has 1 heterocycles. The largest absolute Gasteiger partial charge is 0.481 e. The first-order chi connectivity index (χ1) is 8.12. The molecule has 0 bridgehead atoms. The molecule has 2 rings (SSSR count). The lowest BCUT2D eigenvalue weighted by Crippen LogP contribution is -2.40. The average Bonchev–Trinajstić information content (AvgIpc) is 2.81. The molecule has 0 spiro atoms. The number of nitrogens with two attached hydrogens (primary N) is 1. The topological polar surface area (TPSA) is 94.0 Å². The Labute approximate surface area is 99.8 Å². The van der Waals surface area contributed by atoms with Crippen molar-refractivity contribution in [1.29, 1.82) is 0 Å². The monoisotopic (exact) mass is 238 g/mol. The minimum Gasteiger partial charge on any atom is -0.481 e. The third kappa shape index (κ3) is 2.63. The van der Waals surface area contributed by atoms with Crippen LogP contribution in [0.25, 0.3) is 0 Å². The third-order valence-corrected chi connectivity index (χ3v) is 3.73. The van der Waals surface area contributed by atoms with Gasteiger partial charge in [-0.2, -0.15) is 5.10 Å². The van der Waals surface area contributed by atoms with Crippen molar-refractivity contribution in [3.63, 3.8) is 0 Å². The van der Waals surface area contributed by atoms with Crippen LogP contribution < -0.4 is 5.73 Å². The molecule has 1 saturated carbocycles. The minimum absolute atomic E-state index is 0.161. The highest BCUT2D eigenvalue weighted by Crippen LogP contribution is 2.39. The van der Waals surface area contributed by atoms with Gasteiger partial charge in [-0.05, 0) is 32.1 Å². The van der Waals surface area contributed by atoms with Gasteiger partial charge in [-0.1, -0.05) is 0 Å². The molecule has 6 nitrogen and oxygen atoms in total. The minimum atomic E-state index is -0.704. The van der Waals surface area contributed by atoms with Gasteiger partial charge in [-0.25, -0.2) is 4.98 Å². The molecule has 17 heavy (non-hydrogen) atoms. The molecule has 6 heteroatoms. The molecule has 0 aromatic carbocycles. The Morgan fingerprint density at radius 1 is 1.53 bits per heavy atom. The van der Waals surface area contributed by atoms with E-state index in [9.17, 15) is 9.90 Å². The molecular formula is C11H18N4O2. The number of hydrogen-bond acceptors (Lipinski definition) is 4. The number of aliphatic carboxylic acids is 1. The molecule has 1 aliphatic rings. The zero-order valence-corrected chi connectivity index (χ0v) is 9.75. The summed E-state index contributed by atoms with van der Waals surface area (Å²) in [7, 11) is 0.